The lowest BCUT2D eigenvalue weighted by atomic mass is 10.2. The van der Waals surface area contributed by atoms with Gasteiger partial charge in [0.2, 0.25) is 0 Å². The molecular weight excluding hydrogens is 309 g/mol. The van der Waals surface area contributed by atoms with Crippen LogP contribution in [0.15, 0.2) is 36.4 Å². The third-order valence-corrected chi connectivity index (χ3v) is 2.89. The highest BCUT2D eigenvalue weighted by Gasteiger charge is 2.03. The van der Waals surface area contributed by atoms with Gasteiger partial charge in [-0.1, -0.05) is 35.3 Å². The topological polar surface area (TPSA) is 34.1 Å². The first-order valence-electron chi connectivity index (χ1n) is 5.29. The van der Waals surface area contributed by atoms with Crippen LogP contribution in [0.4, 0.5) is 8.78 Å². The van der Waals surface area contributed by atoms with E-state index in [0.717, 1.165) is 0 Å². The Morgan fingerprint density at radius 2 is 1.10 bits per heavy atom. The zero-order chi connectivity index (χ0) is 15.1. The highest BCUT2D eigenvalue weighted by atomic mass is 35.5. The fraction of sp³-hybridized carbons (Fsp3) is 0. The van der Waals surface area contributed by atoms with Crippen molar-refractivity contribution in [2.75, 3.05) is 0 Å². The zero-order valence-electron chi connectivity index (χ0n) is 9.95. The van der Waals surface area contributed by atoms with Crippen LogP contribution >= 0.6 is 23.2 Å². The lowest BCUT2D eigenvalue weighted by Crippen LogP contribution is -1.86. The first-order chi connectivity index (χ1) is 9.51. The Hall–Kier alpha value is -1.78. The smallest absolute Gasteiger partial charge is 0.154 e. The third kappa shape index (κ3) is 4.11. The maximum atomic E-state index is 12.5. The summed E-state index contributed by atoms with van der Waals surface area (Å²) in [6.07, 6.45) is 0.801. The van der Waals surface area contributed by atoms with Gasteiger partial charge < -0.3 is 0 Å². The maximum Gasteiger partial charge on any atom is 0.154 e. The van der Waals surface area contributed by atoms with E-state index in [4.69, 9.17) is 23.2 Å². The van der Waals surface area contributed by atoms with Gasteiger partial charge in [-0.15, -0.1) is 0 Å². The summed E-state index contributed by atoms with van der Waals surface area (Å²) >= 11 is 10.9. The van der Waals surface area contributed by atoms with Gasteiger partial charge in [-0.05, 0) is 24.3 Å². The van der Waals surface area contributed by atoms with Crippen LogP contribution in [0.2, 0.25) is 10.0 Å². The number of rotatable bonds is 2. The summed E-state index contributed by atoms with van der Waals surface area (Å²) in [7, 11) is 0. The van der Waals surface area contributed by atoms with Gasteiger partial charge in [-0.3, -0.25) is 9.59 Å². The van der Waals surface area contributed by atoms with Crippen molar-refractivity contribution in [3.8, 4) is 0 Å². The SMILES string of the molecule is O=Cc1c(F)cccc1Cl.O=Cc1c(F)cccc1Cl. The van der Waals surface area contributed by atoms with Crippen LogP contribution in [0.3, 0.4) is 0 Å². The van der Waals surface area contributed by atoms with E-state index < -0.39 is 11.6 Å². The summed E-state index contributed by atoms with van der Waals surface area (Å²) in [4.78, 5) is 20.2. The molecule has 0 N–H and O–H groups in total. The van der Waals surface area contributed by atoms with Gasteiger partial charge in [-0.25, -0.2) is 8.78 Å². The summed E-state index contributed by atoms with van der Waals surface area (Å²) in [6.45, 7) is 0. The number of aldehydes is 2. The average Bonchev–Trinajstić information content (AvgIpc) is 2.40. The maximum absolute atomic E-state index is 12.5. The van der Waals surface area contributed by atoms with Crippen molar-refractivity contribution in [3.63, 3.8) is 0 Å². The molecule has 0 aliphatic rings. The Balaban J connectivity index is 0.000000200. The molecule has 2 aromatic rings. The van der Waals surface area contributed by atoms with Crippen molar-refractivity contribution in [1.29, 1.82) is 0 Å². The minimum Gasteiger partial charge on any atom is -0.298 e. The Labute approximate surface area is 123 Å². The van der Waals surface area contributed by atoms with Crippen LogP contribution < -0.4 is 0 Å². The van der Waals surface area contributed by atoms with E-state index in [-0.39, 0.29) is 21.2 Å². The van der Waals surface area contributed by atoms with Crippen LogP contribution in [-0.2, 0) is 0 Å². The van der Waals surface area contributed by atoms with Crippen LogP contribution in [0.1, 0.15) is 20.7 Å². The van der Waals surface area contributed by atoms with Crippen LogP contribution in [0.5, 0.6) is 0 Å². The van der Waals surface area contributed by atoms with E-state index in [1.807, 2.05) is 0 Å². The molecule has 104 valence electrons. The lowest BCUT2D eigenvalue weighted by Gasteiger charge is -1.94. The predicted octanol–water partition coefficient (Wildman–Crippen LogP) is 4.58. The first-order valence-corrected chi connectivity index (χ1v) is 6.05. The Morgan fingerprint density at radius 1 is 0.750 bits per heavy atom. The molecule has 0 unspecified atom stereocenters. The molecule has 6 heteroatoms. The second-order valence-electron chi connectivity index (χ2n) is 3.51. The number of carbonyl (C=O) groups is 2. The largest absolute Gasteiger partial charge is 0.298 e. The van der Waals surface area contributed by atoms with E-state index in [1.54, 1.807) is 0 Å². The molecule has 0 spiro atoms. The summed E-state index contributed by atoms with van der Waals surface area (Å²) < 4.78 is 25.1. The fourth-order valence-electron chi connectivity index (χ4n) is 1.25. The number of halogens is 4. The van der Waals surface area contributed by atoms with Gasteiger partial charge >= 0.3 is 0 Å². The van der Waals surface area contributed by atoms with E-state index in [1.165, 1.54) is 36.4 Å². The van der Waals surface area contributed by atoms with Crippen LogP contribution in [0.25, 0.3) is 0 Å². The van der Waals surface area contributed by atoms with Crippen LogP contribution in [0, 0.1) is 11.6 Å². The molecule has 0 atom stereocenters. The number of hydrogen-bond acceptors (Lipinski definition) is 2. The molecule has 2 rings (SSSR count). The van der Waals surface area contributed by atoms with Crippen molar-refractivity contribution in [3.05, 3.63) is 69.2 Å². The fourth-order valence-corrected chi connectivity index (χ4v) is 1.66. The normalized spacial score (nSPS) is 9.40. The summed E-state index contributed by atoms with van der Waals surface area (Å²) in [5.41, 5.74) is -0.159. The van der Waals surface area contributed by atoms with E-state index in [9.17, 15) is 18.4 Å². The monoisotopic (exact) mass is 316 g/mol. The molecule has 0 aromatic heterocycles. The molecule has 2 nitrogen and oxygen atoms in total. The minimum absolute atomic E-state index is 0.0795. The quantitative estimate of drug-likeness (QED) is 0.760. The highest BCUT2D eigenvalue weighted by molar-refractivity contribution is 6.33. The molecule has 20 heavy (non-hydrogen) atoms. The lowest BCUT2D eigenvalue weighted by molar-refractivity contribution is 0.111. The van der Waals surface area contributed by atoms with E-state index in [2.05, 4.69) is 0 Å². The molecule has 0 aliphatic heterocycles. The summed E-state index contributed by atoms with van der Waals surface area (Å²) in [5, 5.41) is 0.296. The Bertz CT molecular complexity index is 535. The number of hydrogen-bond donors (Lipinski definition) is 0. The highest BCUT2D eigenvalue weighted by Crippen LogP contribution is 2.16. The predicted molar refractivity (Wildman–Crippen MR) is 73.6 cm³/mol. The number of carbonyl (C=O) groups excluding carboxylic acids is 2. The van der Waals surface area contributed by atoms with E-state index >= 15 is 0 Å². The molecule has 0 saturated carbocycles. The second kappa shape index (κ2) is 7.72. The molecule has 0 amide bonds. The summed E-state index contributed by atoms with van der Waals surface area (Å²) in [5.74, 6) is -1.16. The molecule has 0 bridgehead atoms. The molecule has 0 aliphatic carbocycles. The molecule has 2 aromatic carbocycles. The second-order valence-corrected chi connectivity index (χ2v) is 4.32. The van der Waals surface area contributed by atoms with Crippen molar-refractivity contribution in [1.82, 2.24) is 0 Å². The first kappa shape index (κ1) is 16.3. The van der Waals surface area contributed by atoms with Crippen molar-refractivity contribution < 1.29 is 18.4 Å². The van der Waals surface area contributed by atoms with E-state index in [0.29, 0.717) is 12.6 Å². The van der Waals surface area contributed by atoms with Crippen LogP contribution in [-0.4, -0.2) is 12.6 Å². The van der Waals surface area contributed by atoms with Gasteiger partial charge in [0.1, 0.15) is 11.6 Å². The molecule has 0 heterocycles. The Kier molecular flexibility index (Phi) is 6.28. The Morgan fingerprint density at radius 3 is 1.30 bits per heavy atom. The van der Waals surface area contributed by atoms with Gasteiger partial charge in [0, 0.05) is 0 Å². The van der Waals surface area contributed by atoms with Gasteiger partial charge in [0.15, 0.2) is 12.6 Å². The van der Waals surface area contributed by atoms with Gasteiger partial charge in [-0.2, -0.15) is 0 Å². The standard InChI is InChI=1S/2C7H4ClFO/c2*8-6-2-1-3-7(9)5(6)4-10/h2*1-4H. The van der Waals surface area contributed by atoms with Crippen molar-refractivity contribution in [2.45, 2.75) is 0 Å². The minimum atomic E-state index is -0.581. The van der Waals surface area contributed by atoms with Gasteiger partial charge in [0.25, 0.3) is 0 Å². The third-order valence-electron chi connectivity index (χ3n) is 2.24. The molecule has 0 fully saturated rings. The van der Waals surface area contributed by atoms with Crippen molar-refractivity contribution in [2.24, 2.45) is 0 Å². The molecule has 0 saturated heterocycles. The number of benzene rings is 2. The van der Waals surface area contributed by atoms with Crippen molar-refractivity contribution >= 4 is 35.8 Å². The average molecular weight is 317 g/mol. The van der Waals surface area contributed by atoms with Gasteiger partial charge in [0.05, 0.1) is 21.2 Å². The molecule has 0 radical (unpaired) electrons. The molecular formula is C14H8Cl2F2O2. The summed E-state index contributed by atoms with van der Waals surface area (Å²) in [6, 6.07) is 8.21. The zero-order valence-corrected chi connectivity index (χ0v) is 11.5.